The van der Waals surface area contributed by atoms with E-state index in [2.05, 4.69) is 4.52 Å². The van der Waals surface area contributed by atoms with Gasteiger partial charge in [0.2, 0.25) is 0 Å². The van der Waals surface area contributed by atoms with Crippen molar-refractivity contribution in [1.29, 1.82) is 0 Å². The zero-order valence-electron chi connectivity index (χ0n) is 8.97. The van der Waals surface area contributed by atoms with Gasteiger partial charge >= 0.3 is 7.82 Å². The molecule has 1 saturated heterocycles. The van der Waals surface area contributed by atoms with Crippen molar-refractivity contribution < 1.29 is 49.1 Å². The Balaban J connectivity index is 2.84. The van der Waals surface area contributed by atoms with Crippen LogP contribution in [0.25, 0.3) is 0 Å². The molecule has 1 aliphatic rings. The third kappa shape index (κ3) is 3.68. The highest BCUT2D eigenvalue weighted by molar-refractivity contribution is 7.46. The maximum Gasteiger partial charge on any atom is 0.472 e. The monoisotopic (exact) mass is 290 g/mol. The molecule has 1 fully saturated rings. The van der Waals surface area contributed by atoms with Gasteiger partial charge in [-0.25, -0.2) is 4.57 Å². The standard InChI is InChI=1S/C7H15O10P/c8-1-2(9)6-4(11)3(10)5(12)7(16-6)17-18(13,14)15/h2-12H,1H2,(H2,13,14,15)/t2-,3?,4?,5?,6?,7?/m1/s1. The van der Waals surface area contributed by atoms with Crippen molar-refractivity contribution in [3.05, 3.63) is 0 Å². The largest absolute Gasteiger partial charge is 0.472 e. The molecule has 108 valence electrons. The van der Waals surface area contributed by atoms with Crippen molar-refractivity contribution in [3.63, 3.8) is 0 Å². The van der Waals surface area contributed by atoms with E-state index in [0.717, 1.165) is 0 Å². The lowest BCUT2D eigenvalue weighted by Crippen LogP contribution is -2.61. The maximum absolute atomic E-state index is 10.6. The summed E-state index contributed by atoms with van der Waals surface area (Å²) in [5.41, 5.74) is 0. The van der Waals surface area contributed by atoms with Crippen LogP contribution < -0.4 is 0 Å². The second-order valence-corrected chi connectivity index (χ2v) is 4.98. The summed E-state index contributed by atoms with van der Waals surface area (Å²) < 4.78 is 19.4. The van der Waals surface area contributed by atoms with Crippen molar-refractivity contribution in [2.45, 2.75) is 36.8 Å². The fourth-order valence-electron chi connectivity index (χ4n) is 1.52. The molecule has 7 N–H and O–H groups in total. The van der Waals surface area contributed by atoms with Gasteiger partial charge in [-0.1, -0.05) is 0 Å². The maximum atomic E-state index is 10.6. The predicted molar refractivity (Wildman–Crippen MR) is 52.9 cm³/mol. The van der Waals surface area contributed by atoms with Crippen LogP contribution in [0.15, 0.2) is 0 Å². The SMILES string of the molecule is O=P(O)(O)OC1OC([C@H](O)CO)C(O)C(O)C1O. The van der Waals surface area contributed by atoms with Crippen LogP contribution in [0.1, 0.15) is 0 Å². The molecule has 18 heavy (non-hydrogen) atoms. The molecule has 0 aromatic heterocycles. The summed E-state index contributed by atoms with van der Waals surface area (Å²) in [5, 5.41) is 46.3. The first-order chi connectivity index (χ1) is 8.17. The molecule has 0 bridgehead atoms. The minimum atomic E-state index is -5.00. The summed E-state index contributed by atoms with van der Waals surface area (Å²) in [4.78, 5) is 17.1. The molecule has 6 atom stereocenters. The fourth-order valence-corrected chi connectivity index (χ4v) is 1.96. The molecule has 0 aromatic carbocycles. The second kappa shape index (κ2) is 5.88. The van der Waals surface area contributed by atoms with E-state index in [1.54, 1.807) is 0 Å². The van der Waals surface area contributed by atoms with E-state index in [4.69, 9.17) is 19.6 Å². The molecule has 10 nitrogen and oxygen atoms in total. The van der Waals surface area contributed by atoms with E-state index in [1.807, 2.05) is 0 Å². The van der Waals surface area contributed by atoms with Gasteiger partial charge in [0.15, 0.2) is 6.29 Å². The summed E-state index contributed by atoms with van der Waals surface area (Å²) in [7, 11) is -5.00. The highest BCUT2D eigenvalue weighted by Crippen LogP contribution is 2.40. The van der Waals surface area contributed by atoms with Crippen molar-refractivity contribution in [1.82, 2.24) is 0 Å². The lowest BCUT2D eigenvalue weighted by Gasteiger charge is -2.41. The van der Waals surface area contributed by atoms with Gasteiger partial charge in [0.1, 0.15) is 30.5 Å². The Morgan fingerprint density at radius 2 is 1.72 bits per heavy atom. The zero-order valence-corrected chi connectivity index (χ0v) is 9.87. The molecule has 0 amide bonds. The average Bonchev–Trinajstić information content (AvgIpc) is 2.27. The Labute approximate surface area is 101 Å². The molecule has 1 heterocycles. The first kappa shape index (κ1) is 15.9. The quantitative estimate of drug-likeness (QED) is 0.254. The summed E-state index contributed by atoms with van der Waals surface area (Å²) in [6, 6.07) is 0. The van der Waals surface area contributed by atoms with Crippen molar-refractivity contribution in [2.75, 3.05) is 6.61 Å². The highest BCUT2D eigenvalue weighted by atomic mass is 31.2. The van der Waals surface area contributed by atoms with Gasteiger partial charge in [-0.15, -0.1) is 0 Å². The van der Waals surface area contributed by atoms with E-state index in [1.165, 1.54) is 0 Å². The summed E-state index contributed by atoms with van der Waals surface area (Å²) >= 11 is 0. The third-order valence-corrected chi connectivity index (χ3v) is 2.90. The van der Waals surface area contributed by atoms with Crippen LogP contribution in [-0.4, -0.2) is 78.7 Å². The van der Waals surface area contributed by atoms with Crippen LogP contribution in [0.4, 0.5) is 0 Å². The molecule has 0 aliphatic carbocycles. The smallest absolute Gasteiger partial charge is 0.394 e. The van der Waals surface area contributed by atoms with Gasteiger partial charge in [-0.3, -0.25) is 4.52 Å². The van der Waals surface area contributed by atoms with Gasteiger partial charge < -0.3 is 40.1 Å². The van der Waals surface area contributed by atoms with Gasteiger partial charge in [0.25, 0.3) is 0 Å². The van der Waals surface area contributed by atoms with Crippen LogP contribution in [0, 0.1) is 0 Å². The molecule has 11 heteroatoms. The minimum absolute atomic E-state index is 0.826. The number of rotatable bonds is 4. The topological polar surface area (TPSA) is 177 Å². The number of phosphoric acid groups is 1. The van der Waals surface area contributed by atoms with E-state index >= 15 is 0 Å². The number of aliphatic hydroxyl groups is 5. The number of ether oxygens (including phenoxy) is 1. The van der Waals surface area contributed by atoms with Crippen molar-refractivity contribution >= 4 is 7.82 Å². The predicted octanol–water partition coefficient (Wildman–Crippen LogP) is -3.74. The first-order valence-electron chi connectivity index (χ1n) is 4.90. The van der Waals surface area contributed by atoms with Gasteiger partial charge in [0.05, 0.1) is 6.61 Å². The Bertz CT molecular complexity index is 317. The highest BCUT2D eigenvalue weighted by Gasteiger charge is 2.48. The van der Waals surface area contributed by atoms with E-state index in [-0.39, 0.29) is 0 Å². The second-order valence-electron chi connectivity index (χ2n) is 3.79. The van der Waals surface area contributed by atoms with E-state index in [0.29, 0.717) is 0 Å². The molecule has 0 spiro atoms. The molecule has 1 rings (SSSR count). The van der Waals surface area contributed by atoms with Crippen LogP contribution >= 0.6 is 7.82 Å². The Morgan fingerprint density at radius 3 is 2.17 bits per heavy atom. The van der Waals surface area contributed by atoms with Crippen LogP contribution in [0.3, 0.4) is 0 Å². The van der Waals surface area contributed by atoms with Gasteiger partial charge in [-0.05, 0) is 0 Å². The number of hydrogen-bond acceptors (Lipinski definition) is 8. The molecular formula is C7H15O10P. The van der Waals surface area contributed by atoms with Crippen LogP contribution in [0.2, 0.25) is 0 Å². The fraction of sp³-hybridized carbons (Fsp3) is 1.00. The summed E-state index contributed by atoms with van der Waals surface area (Å²) in [5.74, 6) is 0. The Morgan fingerprint density at radius 1 is 1.17 bits per heavy atom. The first-order valence-corrected chi connectivity index (χ1v) is 6.43. The van der Waals surface area contributed by atoms with Crippen molar-refractivity contribution in [3.8, 4) is 0 Å². The van der Waals surface area contributed by atoms with Crippen LogP contribution in [-0.2, 0) is 13.8 Å². The number of aliphatic hydroxyl groups excluding tert-OH is 5. The molecule has 0 saturated carbocycles. The normalized spacial score (nSPS) is 39.6. The van der Waals surface area contributed by atoms with Crippen LogP contribution in [0.5, 0.6) is 0 Å². The van der Waals surface area contributed by atoms with E-state index < -0.39 is 51.2 Å². The zero-order chi connectivity index (χ0) is 14.1. The summed E-state index contributed by atoms with van der Waals surface area (Å²) in [6.07, 6.45) is -10.7. The van der Waals surface area contributed by atoms with Crippen molar-refractivity contribution in [2.24, 2.45) is 0 Å². The van der Waals surface area contributed by atoms with Gasteiger partial charge in [-0.2, -0.15) is 0 Å². The number of phosphoric ester groups is 1. The van der Waals surface area contributed by atoms with Gasteiger partial charge in [0, 0.05) is 0 Å². The number of hydrogen-bond donors (Lipinski definition) is 7. The molecule has 0 aromatic rings. The lowest BCUT2D eigenvalue weighted by molar-refractivity contribution is -0.293. The summed E-state index contributed by atoms with van der Waals surface area (Å²) in [6.45, 7) is -0.826. The molecule has 5 unspecified atom stereocenters. The molecular weight excluding hydrogens is 275 g/mol. The average molecular weight is 290 g/mol. The van der Waals surface area contributed by atoms with E-state index in [9.17, 15) is 25.0 Å². The Hall–Kier alpha value is -0.130. The molecule has 1 aliphatic heterocycles. The lowest BCUT2D eigenvalue weighted by atomic mass is 9.96. The minimum Gasteiger partial charge on any atom is -0.394 e. The Kier molecular flexibility index (Phi) is 5.21. The third-order valence-electron chi connectivity index (χ3n) is 2.41. The molecule has 0 radical (unpaired) electrons.